The predicted molar refractivity (Wildman–Crippen MR) is 45.8 cm³/mol. The van der Waals surface area contributed by atoms with Crippen LogP contribution in [0.25, 0.3) is 0 Å². The average molecular weight is 211 g/mol. The first-order valence-corrected chi connectivity index (χ1v) is 3.73. The van der Waals surface area contributed by atoms with Crippen molar-refractivity contribution < 1.29 is 17.9 Å². The molecule has 0 aliphatic rings. The largest absolute Gasteiger partial charge is 0.573 e. The first-order chi connectivity index (χ1) is 6.96. The molecule has 1 aromatic rings. The van der Waals surface area contributed by atoms with E-state index in [0.29, 0.717) is 0 Å². The highest BCUT2D eigenvalue weighted by atomic mass is 19.4. The second-order valence-electron chi connectivity index (χ2n) is 2.51. The predicted octanol–water partition coefficient (Wildman–Crippen LogP) is 2.44. The summed E-state index contributed by atoms with van der Waals surface area (Å²) in [5.74, 6) is 1.56. The molecule has 1 aromatic carbocycles. The third-order valence-electron chi connectivity index (χ3n) is 1.49. The fraction of sp³-hybridized carbons (Fsp3) is 0.100. The molecule has 0 aliphatic heterocycles. The van der Waals surface area contributed by atoms with Crippen molar-refractivity contribution in [3.63, 3.8) is 0 Å². The molecular weight excluding hydrogens is 207 g/mol. The summed E-state index contributed by atoms with van der Waals surface area (Å²) in [6, 6.07) is 5.11. The Bertz CT molecular complexity index is 451. The molecule has 0 heterocycles. The van der Waals surface area contributed by atoms with Gasteiger partial charge < -0.3 is 4.74 Å². The van der Waals surface area contributed by atoms with Crippen molar-refractivity contribution in [1.29, 1.82) is 5.26 Å². The minimum absolute atomic E-state index is 0.216. The molecule has 0 fully saturated rings. The van der Waals surface area contributed by atoms with Crippen molar-refractivity contribution in [1.82, 2.24) is 0 Å². The van der Waals surface area contributed by atoms with E-state index >= 15 is 0 Å². The molecule has 0 amide bonds. The highest BCUT2D eigenvalue weighted by molar-refractivity contribution is 5.49. The Balaban J connectivity index is 3.15. The summed E-state index contributed by atoms with van der Waals surface area (Å²) in [7, 11) is 0. The van der Waals surface area contributed by atoms with E-state index < -0.39 is 12.1 Å². The molecule has 0 atom stereocenters. The number of terminal acetylenes is 1. The van der Waals surface area contributed by atoms with Gasteiger partial charge in [0.05, 0.1) is 5.56 Å². The molecule has 5 heteroatoms. The van der Waals surface area contributed by atoms with Gasteiger partial charge in [-0.1, -0.05) is 5.92 Å². The van der Waals surface area contributed by atoms with Crippen molar-refractivity contribution in [3.05, 3.63) is 29.3 Å². The summed E-state index contributed by atoms with van der Waals surface area (Å²) in [5, 5.41) is 8.53. The maximum atomic E-state index is 11.9. The molecule has 76 valence electrons. The Morgan fingerprint density at radius 2 is 2.00 bits per heavy atom. The second kappa shape index (κ2) is 3.93. The van der Waals surface area contributed by atoms with Gasteiger partial charge in [0, 0.05) is 5.56 Å². The fourth-order valence-corrected chi connectivity index (χ4v) is 0.914. The monoisotopic (exact) mass is 211 g/mol. The van der Waals surface area contributed by atoms with Crippen LogP contribution in [0, 0.1) is 23.7 Å². The number of halogens is 3. The minimum Gasteiger partial charge on any atom is -0.404 e. The standard InChI is InChI=1S/C10H4F3NO/c1-2-7-3-4-8(6-14)9(5-7)15-10(11,12)13/h1,3-5H. The van der Waals surface area contributed by atoms with Crippen LogP contribution >= 0.6 is 0 Å². The highest BCUT2D eigenvalue weighted by Gasteiger charge is 2.32. The molecule has 1 rings (SSSR count). The molecule has 0 spiro atoms. The number of ether oxygens (including phenoxy) is 1. The van der Waals surface area contributed by atoms with Gasteiger partial charge in [-0.25, -0.2) is 0 Å². The lowest BCUT2D eigenvalue weighted by atomic mass is 10.1. The normalized spacial score (nSPS) is 10.2. The minimum atomic E-state index is -4.83. The van der Waals surface area contributed by atoms with Gasteiger partial charge in [0.2, 0.25) is 0 Å². The van der Waals surface area contributed by atoms with Gasteiger partial charge in [-0.05, 0) is 18.2 Å². The average Bonchev–Trinajstić information content (AvgIpc) is 2.15. The van der Waals surface area contributed by atoms with Crippen molar-refractivity contribution in [2.75, 3.05) is 0 Å². The molecule has 0 N–H and O–H groups in total. The Labute approximate surface area is 83.9 Å². The van der Waals surface area contributed by atoms with Crippen molar-refractivity contribution in [3.8, 4) is 24.2 Å². The van der Waals surface area contributed by atoms with E-state index in [1.165, 1.54) is 12.1 Å². The molecule has 0 unspecified atom stereocenters. The van der Waals surface area contributed by atoms with Crippen LogP contribution in [-0.2, 0) is 0 Å². The van der Waals surface area contributed by atoms with E-state index in [0.717, 1.165) is 6.07 Å². The van der Waals surface area contributed by atoms with Crippen LogP contribution < -0.4 is 4.74 Å². The Morgan fingerprint density at radius 1 is 1.33 bits per heavy atom. The molecule has 0 aromatic heterocycles. The zero-order valence-electron chi connectivity index (χ0n) is 7.30. The zero-order valence-corrected chi connectivity index (χ0v) is 7.30. The lowest BCUT2D eigenvalue weighted by Crippen LogP contribution is -2.17. The van der Waals surface area contributed by atoms with E-state index in [1.807, 2.05) is 0 Å². The van der Waals surface area contributed by atoms with E-state index in [2.05, 4.69) is 10.7 Å². The molecule has 15 heavy (non-hydrogen) atoms. The van der Waals surface area contributed by atoms with Crippen molar-refractivity contribution in [2.45, 2.75) is 6.36 Å². The van der Waals surface area contributed by atoms with Gasteiger partial charge in [-0.2, -0.15) is 5.26 Å². The topological polar surface area (TPSA) is 33.0 Å². The lowest BCUT2D eigenvalue weighted by Gasteiger charge is -2.10. The van der Waals surface area contributed by atoms with Crippen molar-refractivity contribution in [2.24, 2.45) is 0 Å². The smallest absolute Gasteiger partial charge is 0.404 e. The van der Waals surface area contributed by atoms with Gasteiger partial charge in [-0.15, -0.1) is 19.6 Å². The number of nitrogens with zero attached hydrogens (tertiary/aromatic N) is 1. The summed E-state index contributed by atoms with van der Waals surface area (Å²) in [6.45, 7) is 0. The summed E-state index contributed by atoms with van der Waals surface area (Å²) in [4.78, 5) is 0. The number of hydrogen-bond donors (Lipinski definition) is 0. The molecule has 0 bridgehead atoms. The fourth-order valence-electron chi connectivity index (χ4n) is 0.914. The SMILES string of the molecule is C#Cc1ccc(C#N)c(OC(F)(F)F)c1. The number of alkyl halides is 3. The summed E-state index contributed by atoms with van der Waals surface area (Å²) < 4.78 is 39.4. The molecule has 0 aliphatic carbocycles. The second-order valence-corrected chi connectivity index (χ2v) is 2.51. The lowest BCUT2D eigenvalue weighted by molar-refractivity contribution is -0.274. The van der Waals surface area contributed by atoms with Crippen molar-refractivity contribution >= 4 is 0 Å². The summed E-state index contributed by atoms with van der Waals surface area (Å²) in [6.07, 6.45) is 0.170. The molecule has 0 radical (unpaired) electrons. The van der Waals surface area contributed by atoms with Crippen LogP contribution in [-0.4, -0.2) is 6.36 Å². The third-order valence-corrected chi connectivity index (χ3v) is 1.49. The van der Waals surface area contributed by atoms with Gasteiger partial charge in [0.15, 0.2) is 0 Å². The Kier molecular flexibility index (Phi) is 2.87. The van der Waals surface area contributed by atoms with E-state index in [4.69, 9.17) is 11.7 Å². The highest BCUT2D eigenvalue weighted by Crippen LogP contribution is 2.26. The first-order valence-electron chi connectivity index (χ1n) is 3.73. The third kappa shape index (κ3) is 2.92. The Morgan fingerprint density at radius 3 is 2.47 bits per heavy atom. The molecule has 0 saturated carbocycles. The maximum Gasteiger partial charge on any atom is 0.573 e. The van der Waals surface area contributed by atoms with Crippen LogP contribution in [0.1, 0.15) is 11.1 Å². The quantitative estimate of drug-likeness (QED) is 0.668. The molecule has 2 nitrogen and oxygen atoms in total. The van der Waals surface area contributed by atoms with Gasteiger partial charge in [-0.3, -0.25) is 0 Å². The summed E-state index contributed by atoms with van der Waals surface area (Å²) in [5.41, 5.74) is -0.000394. The number of nitriles is 1. The zero-order chi connectivity index (χ0) is 11.5. The molecular formula is C10H4F3NO. The van der Waals surface area contributed by atoms with Crippen LogP contribution in [0.2, 0.25) is 0 Å². The Hall–Kier alpha value is -2.14. The van der Waals surface area contributed by atoms with Gasteiger partial charge in [0.25, 0.3) is 0 Å². The van der Waals surface area contributed by atoms with Crippen LogP contribution in [0.15, 0.2) is 18.2 Å². The van der Waals surface area contributed by atoms with Crippen LogP contribution in [0.3, 0.4) is 0 Å². The van der Waals surface area contributed by atoms with E-state index in [9.17, 15) is 13.2 Å². The van der Waals surface area contributed by atoms with E-state index in [1.54, 1.807) is 6.07 Å². The number of benzene rings is 1. The summed E-state index contributed by atoms with van der Waals surface area (Å²) >= 11 is 0. The number of rotatable bonds is 1. The van der Waals surface area contributed by atoms with Gasteiger partial charge in [0.1, 0.15) is 11.8 Å². The number of hydrogen-bond acceptors (Lipinski definition) is 2. The van der Waals surface area contributed by atoms with Crippen LogP contribution in [0.4, 0.5) is 13.2 Å². The maximum absolute atomic E-state index is 11.9. The first kappa shape index (κ1) is 10.9. The van der Waals surface area contributed by atoms with Gasteiger partial charge >= 0.3 is 6.36 Å². The van der Waals surface area contributed by atoms with Crippen LogP contribution in [0.5, 0.6) is 5.75 Å². The molecule has 0 saturated heterocycles. The van der Waals surface area contributed by atoms with E-state index in [-0.39, 0.29) is 11.1 Å².